The Morgan fingerprint density at radius 1 is 1.25 bits per heavy atom. The topological polar surface area (TPSA) is 38.8 Å². The second kappa shape index (κ2) is 6.97. The van der Waals surface area contributed by atoms with Gasteiger partial charge in [-0.15, -0.1) is 0 Å². The lowest BCUT2D eigenvalue weighted by atomic mass is 10.1. The first-order valence-electron chi connectivity index (χ1n) is 6.72. The highest BCUT2D eigenvalue weighted by molar-refractivity contribution is 9.09. The first-order valence-corrected chi connectivity index (χ1v) is 7.84. The van der Waals surface area contributed by atoms with Gasteiger partial charge in [-0.3, -0.25) is 4.79 Å². The fourth-order valence-corrected chi connectivity index (χ4v) is 2.88. The van der Waals surface area contributed by atoms with Gasteiger partial charge in [0.1, 0.15) is 11.5 Å². The van der Waals surface area contributed by atoms with Crippen LogP contribution in [0.5, 0.6) is 11.5 Å². The van der Waals surface area contributed by atoms with E-state index in [4.69, 9.17) is 9.47 Å². The molecule has 1 aliphatic heterocycles. The van der Waals surface area contributed by atoms with Gasteiger partial charge in [0.2, 0.25) is 5.91 Å². The van der Waals surface area contributed by atoms with Crippen molar-refractivity contribution in [3.05, 3.63) is 23.8 Å². The van der Waals surface area contributed by atoms with Gasteiger partial charge in [0, 0.05) is 30.9 Å². The average molecular weight is 342 g/mol. The molecule has 0 saturated carbocycles. The number of ether oxygens (including phenoxy) is 2. The molecule has 1 unspecified atom stereocenters. The van der Waals surface area contributed by atoms with E-state index in [1.165, 1.54) is 0 Å². The SMILES string of the molecule is COc1cc(CCN2CC(CBr)CC2=O)cc(OC)c1. The van der Waals surface area contributed by atoms with Crippen molar-refractivity contribution in [2.75, 3.05) is 32.6 Å². The molecular formula is C15H20BrNO3. The zero-order valence-electron chi connectivity index (χ0n) is 11.9. The normalized spacial score (nSPS) is 18.4. The second-order valence-electron chi connectivity index (χ2n) is 5.04. The largest absolute Gasteiger partial charge is 0.497 e. The van der Waals surface area contributed by atoms with Gasteiger partial charge < -0.3 is 14.4 Å². The molecule has 0 aromatic heterocycles. The minimum Gasteiger partial charge on any atom is -0.497 e. The van der Waals surface area contributed by atoms with Crippen molar-refractivity contribution < 1.29 is 14.3 Å². The highest BCUT2D eigenvalue weighted by atomic mass is 79.9. The summed E-state index contributed by atoms with van der Waals surface area (Å²) >= 11 is 3.45. The minimum absolute atomic E-state index is 0.254. The Morgan fingerprint density at radius 2 is 1.90 bits per heavy atom. The molecule has 2 rings (SSSR count). The third kappa shape index (κ3) is 3.66. The van der Waals surface area contributed by atoms with Gasteiger partial charge in [0.05, 0.1) is 14.2 Å². The van der Waals surface area contributed by atoms with Gasteiger partial charge in [-0.05, 0) is 30.0 Å². The highest BCUT2D eigenvalue weighted by Crippen LogP contribution is 2.24. The molecule has 4 nitrogen and oxygen atoms in total. The molecule has 0 spiro atoms. The standard InChI is InChI=1S/C15H20BrNO3/c1-19-13-5-11(6-14(8-13)20-2)3-4-17-10-12(9-16)7-15(17)18/h5-6,8,12H,3-4,7,9-10H2,1-2H3. The number of hydrogen-bond acceptors (Lipinski definition) is 3. The molecular weight excluding hydrogens is 322 g/mol. The van der Waals surface area contributed by atoms with Crippen molar-refractivity contribution in [3.8, 4) is 11.5 Å². The lowest BCUT2D eigenvalue weighted by molar-refractivity contribution is -0.127. The van der Waals surface area contributed by atoms with Crippen molar-refractivity contribution >= 4 is 21.8 Å². The number of nitrogens with zero attached hydrogens (tertiary/aromatic N) is 1. The number of carbonyl (C=O) groups excluding carboxylic acids is 1. The van der Waals surface area contributed by atoms with Crippen LogP contribution in [0.15, 0.2) is 18.2 Å². The van der Waals surface area contributed by atoms with Crippen LogP contribution in [0.4, 0.5) is 0 Å². The Bertz CT molecular complexity index is 456. The number of carbonyl (C=O) groups is 1. The maximum atomic E-state index is 11.9. The average Bonchev–Trinajstić information content (AvgIpc) is 2.85. The van der Waals surface area contributed by atoms with Crippen LogP contribution in [0.25, 0.3) is 0 Å². The van der Waals surface area contributed by atoms with E-state index < -0.39 is 0 Å². The molecule has 20 heavy (non-hydrogen) atoms. The maximum Gasteiger partial charge on any atom is 0.222 e. The Kier molecular flexibility index (Phi) is 5.29. The molecule has 0 aliphatic carbocycles. The van der Waals surface area contributed by atoms with Gasteiger partial charge >= 0.3 is 0 Å². The fourth-order valence-electron chi connectivity index (χ4n) is 2.45. The zero-order chi connectivity index (χ0) is 14.5. The summed E-state index contributed by atoms with van der Waals surface area (Å²) in [6.45, 7) is 1.60. The van der Waals surface area contributed by atoms with E-state index in [1.54, 1.807) is 14.2 Å². The molecule has 110 valence electrons. The molecule has 1 aliphatic rings. The predicted molar refractivity (Wildman–Crippen MR) is 81.7 cm³/mol. The molecule has 1 saturated heterocycles. The lowest BCUT2D eigenvalue weighted by Crippen LogP contribution is -2.27. The summed E-state index contributed by atoms with van der Waals surface area (Å²) in [5.41, 5.74) is 1.12. The smallest absolute Gasteiger partial charge is 0.222 e. The summed E-state index contributed by atoms with van der Waals surface area (Å²) in [5, 5.41) is 0.891. The number of hydrogen-bond donors (Lipinski definition) is 0. The van der Waals surface area contributed by atoms with Crippen LogP contribution in [-0.2, 0) is 11.2 Å². The van der Waals surface area contributed by atoms with E-state index in [2.05, 4.69) is 15.9 Å². The number of likely N-dealkylation sites (tertiary alicyclic amines) is 1. The van der Waals surface area contributed by atoms with Crippen LogP contribution in [0.3, 0.4) is 0 Å². The van der Waals surface area contributed by atoms with Crippen LogP contribution in [0.1, 0.15) is 12.0 Å². The number of halogens is 1. The van der Waals surface area contributed by atoms with Gasteiger partial charge in [-0.1, -0.05) is 15.9 Å². The zero-order valence-corrected chi connectivity index (χ0v) is 13.5. The molecule has 0 N–H and O–H groups in total. The van der Waals surface area contributed by atoms with Crippen LogP contribution >= 0.6 is 15.9 Å². The fraction of sp³-hybridized carbons (Fsp3) is 0.533. The summed E-state index contributed by atoms with van der Waals surface area (Å²) in [7, 11) is 3.28. The van der Waals surface area contributed by atoms with E-state index in [-0.39, 0.29) is 5.91 Å². The quantitative estimate of drug-likeness (QED) is 0.746. The molecule has 0 bridgehead atoms. The predicted octanol–water partition coefficient (Wildman–Crippen LogP) is 2.49. The van der Waals surface area contributed by atoms with Gasteiger partial charge in [0.15, 0.2) is 0 Å². The van der Waals surface area contributed by atoms with Crippen molar-refractivity contribution in [1.82, 2.24) is 4.90 Å². The first kappa shape index (κ1) is 15.2. The van der Waals surface area contributed by atoms with E-state index in [9.17, 15) is 4.79 Å². The van der Waals surface area contributed by atoms with Crippen molar-refractivity contribution in [2.45, 2.75) is 12.8 Å². The number of amides is 1. The molecule has 1 fully saturated rings. The van der Waals surface area contributed by atoms with Crippen molar-refractivity contribution in [1.29, 1.82) is 0 Å². The maximum absolute atomic E-state index is 11.9. The Labute approximate surface area is 128 Å². The van der Waals surface area contributed by atoms with E-state index in [1.807, 2.05) is 23.1 Å². The molecule has 0 radical (unpaired) electrons. The Balaban J connectivity index is 1.98. The summed E-state index contributed by atoms with van der Waals surface area (Å²) in [5.74, 6) is 2.27. The molecule has 1 atom stereocenters. The highest BCUT2D eigenvalue weighted by Gasteiger charge is 2.28. The monoisotopic (exact) mass is 341 g/mol. The molecule has 5 heteroatoms. The Hall–Kier alpha value is -1.23. The van der Waals surface area contributed by atoms with Crippen molar-refractivity contribution in [3.63, 3.8) is 0 Å². The number of alkyl halides is 1. The third-order valence-corrected chi connectivity index (χ3v) is 4.51. The van der Waals surface area contributed by atoms with E-state index in [0.717, 1.165) is 41.9 Å². The van der Waals surface area contributed by atoms with Crippen LogP contribution in [0, 0.1) is 5.92 Å². The van der Waals surface area contributed by atoms with E-state index >= 15 is 0 Å². The first-order chi connectivity index (χ1) is 9.66. The van der Waals surface area contributed by atoms with Gasteiger partial charge in [-0.25, -0.2) is 0 Å². The number of methoxy groups -OCH3 is 2. The molecule has 1 aromatic rings. The molecule has 1 amide bonds. The number of benzene rings is 1. The molecule has 1 aromatic carbocycles. The van der Waals surface area contributed by atoms with E-state index in [0.29, 0.717) is 12.3 Å². The summed E-state index contributed by atoms with van der Waals surface area (Å²) in [4.78, 5) is 13.8. The van der Waals surface area contributed by atoms with Crippen LogP contribution in [0.2, 0.25) is 0 Å². The molecule has 1 heterocycles. The van der Waals surface area contributed by atoms with Crippen molar-refractivity contribution in [2.24, 2.45) is 5.92 Å². The second-order valence-corrected chi connectivity index (χ2v) is 5.68. The minimum atomic E-state index is 0.254. The van der Waals surface area contributed by atoms with Gasteiger partial charge in [0.25, 0.3) is 0 Å². The van der Waals surface area contributed by atoms with Crippen LogP contribution < -0.4 is 9.47 Å². The summed E-state index contributed by atoms with van der Waals surface area (Å²) in [6, 6.07) is 5.83. The lowest BCUT2D eigenvalue weighted by Gasteiger charge is -2.17. The number of rotatable bonds is 6. The summed E-state index contributed by atoms with van der Waals surface area (Å²) < 4.78 is 10.5. The van der Waals surface area contributed by atoms with Crippen LogP contribution in [-0.4, -0.2) is 43.4 Å². The summed E-state index contributed by atoms with van der Waals surface area (Å²) in [6.07, 6.45) is 1.47. The Morgan fingerprint density at radius 3 is 2.40 bits per heavy atom. The third-order valence-electron chi connectivity index (χ3n) is 3.59. The van der Waals surface area contributed by atoms with Gasteiger partial charge in [-0.2, -0.15) is 0 Å².